The highest BCUT2D eigenvalue weighted by molar-refractivity contribution is 5.20. The topological polar surface area (TPSA) is 18.5 Å². The Morgan fingerprint density at radius 2 is 1.55 bits per heavy atom. The Morgan fingerprint density at radius 3 is 2.18 bits per heavy atom. The van der Waals surface area contributed by atoms with Gasteiger partial charge in [-0.3, -0.25) is 9.80 Å². The predicted octanol–water partition coefficient (Wildman–Crippen LogP) is 2.65. The van der Waals surface area contributed by atoms with Gasteiger partial charge in [0, 0.05) is 38.8 Å². The van der Waals surface area contributed by atoms with Gasteiger partial charge in [-0.05, 0) is 43.6 Å². The van der Waals surface area contributed by atoms with E-state index in [1.807, 2.05) is 12.1 Å². The summed E-state index contributed by atoms with van der Waals surface area (Å²) in [6.45, 7) is 7.80. The van der Waals surface area contributed by atoms with Crippen LogP contribution in [0.3, 0.4) is 0 Å². The number of hydrogen-bond acceptors (Lipinski definition) is 3. The fourth-order valence-electron chi connectivity index (χ4n) is 3.66. The Hall–Kier alpha value is -0.970. The molecule has 122 valence electrons. The molecule has 2 aliphatic heterocycles. The van der Waals surface area contributed by atoms with Gasteiger partial charge >= 0.3 is 0 Å². The average Bonchev–Trinajstić information content (AvgIpc) is 2.84. The molecule has 2 heterocycles. The van der Waals surface area contributed by atoms with Gasteiger partial charge in [0.05, 0.1) is 0 Å². The molecule has 0 radical (unpaired) electrons. The van der Waals surface area contributed by atoms with Crippen molar-refractivity contribution in [1.82, 2.24) is 15.1 Å². The number of benzene rings is 1. The van der Waals surface area contributed by atoms with Gasteiger partial charge in [-0.2, -0.15) is 0 Å². The summed E-state index contributed by atoms with van der Waals surface area (Å²) < 4.78 is 13.3. The van der Waals surface area contributed by atoms with Crippen LogP contribution in [0.15, 0.2) is 24.3 Å². The molecule has 0 bridgehead atoms. The molecule has 1 N–H and O–H groups in total. The molecule has 1 aromatic rings. The molecule has 4 heteroatoms. The molecule has 0 aliphatic carbocycles. The largest absolute Gasteiger partial charge is 0.314 e. The predicted molar refractivity (Wildman–Crippen MR) is 88.5 cm³/mol. The van der Waals surface area contributed by atoms with E-state index in [-0.39, 0.29) is 5.82 Å². The SMILES string of the molecule is Fc1ccc(C(CN2CCNCC2)N2CCCCCC2)cc1. The number of rotatable bonds is 4. The zero-order valence-electron chi connectivity index (χ0n) is 13.4. The Bertz CT molecular complexity index is 434. The van der Waals surface area contributed by atoms with Crippen molar-refractivity contribution in [3.8, 4) is 0 Å². The maximum atomic E-state index is 13.3. The second-order valence-corrected chi connectivity index (χ2v) is 6.57. The van der Waals surface area contributed by atoms with Gasteiger partial charge in [0.2, 0.25) is 0 Å². The second kappa shape index (κ2) is 8.04. The van der Waals surface area contributed by atoms with Crippen LogP contribution in [0.5, 0.6) is 0 Å². The molecule has 0 saturated carbocycles. The minimum atomic E-state index is -0.138. The molecule has 0 spiro atoms. The first kappa shape index (κ1) is 15.9. The van der Waals surface area contributed by atoms with Crippen LogP contribution in [0.25, 0.3) is 0 Å². The van der Waals surface area contributed by atoms with Crippen molar-refractivity contribution in [3.63, 3.8) is 0 Å². The van der Waals surface area contributed by atoms with E-state index in [0.29, 0.717) is 6.04 Å². The maximum Gasteiger partial charge on any atom is 0.123 e. The monoisotopic (exact) mass is 305 g/mol. The zero-order valence-corrected chi connectivity index (χ0v) is 13.4. The van der Waals surface area contributed by atoms with Gasteiger partial charge in [-0.15, -0.1) is 0 Å². The third kappa shape index (κ3) is 4.28. The van der Waals surface area contributed by atoms with Crippen molar-refractivity contribution < 1.29 is 4.39 Å². The molecular formula is C18H28FN3. The number of halogens is 1. The first-order valence-corrected chi connectivity index (χ1v) is 8.75. The Balaban J connectivity index is 1.75. The summed E-state index contributed by atoms with van der Waals surface area (Å²) in [6, 6.07) is 7.58. The van der Waals surface area contributed by atoms with Crippen LogP contribution < -0.4 is 5.32 Å². The summed E-state index contributed by atoms with van der Waals surface area (Å²) in [4.78, 5) is 5.18. The molecule has 1 atom stereocenters. The molecule has 2 fully saturated rings. The number of nitrogens with one attached hydrogen (secondary N) is 1. The van der Waals surface area contributed by atoms with Crippen molar-refractivity contribution in [2.45, 2.75) is 31.7 Å². The fraction of sp³-hybridized carbons (Fsp3) is 0.667. The van der Waals surface area contributed by atoms with E-state index in [0.717, 1.165) is 32.7 Å². The minimum Gasteiger partial charge on any atom is -0.314 e. The molecule has 1 unspecified atom stereocenters. The molecule has 0 amide bonds. The first-order valence-electron chi connectivity index (χ1n) is 8.75. The van der Waals surface area contributed by atoms with Gasteiger partial charge in [0.25, 0.3) is 0 Å². The Kier molecular flexibility index (Phi) is 5.82. The Morgan fingerprint density at radius 1 is 0.909 bits per heavy atom. The van der Waals surface area contributed by atoms with Gasteiger partial charge in [0.15, 0.2) is 0 Å². The van der Waals surface area contributed by atoms with E-state index >= 15 is 0 Å². The van der Waals surface area contributed by atoms with Gasteiger partial charge < -0.3 is 5.32 Å². The van der Waals surface area contributed by atoms with Crippen LogP contribution in [-0.2, 0) is 0 Å². The van der Waals surface area contributed by atoms with Gasteiger partial charge in [-0.1, -0.05) is 25.0 Å². The molecule has 1 aromatic carbocycles. The summed E-state index contributed by atoms with van der Waals surface area (Å²) in [6.07, 6.45) is 5.28. The first-order chi connectivity index (χ1) is 10.8. The van der Waals surface area contributed by atoms with E-state index in [1.54, 1.807) is 12.1 Å². The lowest BCUT2D eigenvalue weighted by Crippen LogP contribution is -2.47. The van der Waals surface area contributed by atoms with Crippen LogP contribution in [0.1, 0.15) is 37.3 Å². The van der Waals surface area contributed by atoms with E-state index in [1.165, 1.54) is 44.3 Å². The van der Waals surface area contributed by atoms with Crippen LogP contribution in [0.2, 0.25) is 0 Å². The van der Waals surface area contributed by atoms with Gasteiger partial charge in [-0.25, -0.2) is 4.39 Å². The van der Waals surface area contributed by atoms with E-state index in [4.69, 9.17) is 0 Å². The summed E-state index contributed by atoms with van der Waals surface area (Å²) >= 11 is 0. The molecule has 2 aliphatic rings. The third-order valence-corrected chi connectivity index (χ3v) is 4.98. The summed E-state index contributed by atoms with van der Waals surface area (Å²) in [5.74, 6) is -0.138. The number of likely N-dealkylation sites (tertiary alicyclic amines) is 1. The lowest BCUT2D eigenvalue weighted by atomic mass is 10.0. The molecule has 22 heavy (non-hydrogen) atoms. The van der Waals surface area contributed by atoms with E-state index in [2.05, 4.69) is 15.1 Å². The normalized spacial score (nSPS) is 23.1. The zero-order chi connectivity index (χ0) is 15.2. The van der Waals surface area contributed by atoms with Crippen molar-refractivity contribution in [2.75, 3.05) is 45.8 Å². The summed E-state index contributed by atoms with van der Waals surface area (Å²) in [5.41, 5.74) is 1.27. The highest BCUT2D eigenvalue weighted by atomic mass is 19.1. The van der Waals surface area contributed by atoms with Crippen LogP contribution in [0, 0.1) is 5.82 Å². The Labute approximate surface area is 133 Å². The lowest BCUT2D eigenvalue weighted by molar-refractivity contribution is 0.132. The smallest absolute Gasteiger partial charge is 0.123 e. The average molecular weight is 305 g/mol. The fourth-order valence-corrected chi connectivity index (χ4v) is 3.66. The van der Waals surface area contributed by atoms with Crippen molar-refractivity contribution >= 4 is 0 Å². The van der Waals surface area contributed by atoms with E-state index < -0.39 is 0 Å². The minimum absolute atomic E-state index is 0.138. The summed E-state index contributed by atoms with van der Waals surface area (Å²) in [7, 11) is 0. The van der Waals surface area contributed by atoms with Crippen LogP contribution in [-0.4, -0.2) is 55.6 Å². The van der Waals surface area contributed by atoms with Crippen LogP contribution in [0.4, 0.5) is 4.39 Å². The highest BCUT2D eigenvalue weighted by Crippen LogP contribution is 2.25. The molecule has 0 aromatic heterocycles. The summed E-state index contributed by atoms with van der Waals surface area (Å²) in [5, 5.41) is 3.42. The molecular weight excluding hydrogens is 277 g/mol. The standard InChI is InChI=1S/C18H28FN3/c19-17-7-5-16(6-8-17)18(15-21-13-9-20-10-14-21)22-11-3-1-2-4-12-22/h5-8,18,20H,1-4,9-15H2. The second-order valence-electron chi connectivity index (χ2n) is 6.57. The maximum absolute atomic E-state index is 13.3. The van der Waals surface area contributed by atoms with Crippen molar-refractivity contribution in [3.05, 3.63) is 35.6 Å². The molecule has 3 rings (SSSR count). The van der Waals surface area contributed by atoms with Crippen molar-refractivity contribution in [1.29, 1.82) is 0 Å². The number of hydrogen-bond donors (Lipinski definition) is 1. The highest BCUT2D eigenvalue weighted by Gasteiger charge is 2.24. The van der Waals surface area contributed by atoms with E-state index in [9.17, 15) is 4.39 Å². The number of piperazine rings is 1. The molecule has 2 saturated heterocycles. The quantitative estimate of drug-likeness (QED) is 0.922. The number of nitrogens with zero attached hydrogens (tertiary/aromatic N) is 2. The third-order valence-electron chi connectivity index (χ3n) is 4.98. The lowest BCUT2D eigenvalue weighted by Gasteiger charge is -2.37. The van der Waals surface area contributed by atoms with Crippen LogP contribution >= 0.6 is 0 Å². The van der Waals surface area contributed by atoms with Crippen molar-refractivity contribution in [2.24, 2.45) is 0 Å². The van der Waals surface area contributed by atoms with Gasteiger partial charge in [0.1, 0.15) is 5.82 Å². The molecule has 3 nitrogen and oxygen atoms in total.